The van der Waals surface area contributed by atoms with Gasteiger partial charge >= 0.3 is 21.7 Å². The van der Waals surface area contributed by atoms with Gasteiger partial charge in [-0.3, -0.25) is 4.79 Å². The van der Waals surface area contributed by atoms with E-state index in [2.05, 4.69) is 26.4 Å². The fourth-order valence-electron chi connectivity index (χ4n) is 7.72. The van der Waals surface area contributed by atoms with E-state index in [9.17, 15) is 31.2 Å². The Hall–Kier alpha value is -4.07. The van der Waals surface area contributed by atoms with Gasteiger partial charge in [0.2, 0.25) is 5.91 Å². The lowest BCUT2D eigenvalue weighted by Crippen LogP contribution is -2.51. The van der Waals surface area contributed by atoms with Crippen molar-refractivity contribution in [2.45, 2.75) is 88.7 Å². The van der Waals surface area contributed by atoms with E-state index in [1.165, 1.54) is 13.2 Å². The molecular formula is C35H41F3N4O6S. The first-order chi connectivity index (χ1) is 23.3. The zero-order valence-corrected chi connectivity index (χ0v) is 28.7. The summed E-state index contributed by atoms with van der Waals surface area (Å²) in [7, 11) is -4.52. The second-order valence-electron chi connectivity index (χ2n) is 13.4. The van der Waals surface area contributed by atoms with E-state index in [4.69, 9.17) is 4.74 Å². The number of hydrogen-bond acceptors (Lipinski definition) is 7. The number of likely N-dealkylation sites (tertiary alicyclic amines) is 1. The summed E-state index contributed by atoms with van der Waals surface area (Å²) in [6.45, 7) is 6.54. The highest BCUT2D eigenvalue weighted by Gasteiger charge is 2.50. The van der Waals surface area contributed by atoms with Crippen LogP contribution in [0.15, 0.2) is 42.6 Å². The number of nitrogens with one attached hydrogen (secondary N) is 2. The monoisotopic (exact) mass is 702 g/mol. The van der Waals surface area contributed by atoms with Crippen molar-refractivity contribution in [3.8, 4) is 28.1 Å². The molecule has 1 aromatic heterocycles. The molecule has 0 radical (unpaired) electrons. The molecule has 49 heavy (non-hydrogen) atoms. The number of alkyl carbamates (subject to hydrolysis) is 1. The van der Waals surface area contributed by atoms with Crippen LogP contribution >= 0.6 is 0 Å². The van der Waals surface area contributed by atoms with E-state index < -0.39 is 27.8 Å². The van der Waals surface area contributed by atoms with Gasteiger partial charge in [0.25, 0.3) is 0 Å². The molecule has 2 aliphatic carbocycles. The fraction of sp³-hybridized carbons (Fsp3) is 0.514. The highest BCUT2D eigenvalue weighted by atomic mass is 32.2. The molecule has 2 fully saturated rings. The summed E-state index contributed by atoms with van der Waals surface area (Å²) in [6.07, 6.45) is 5.80. The van der Waals surface area contributed by atoms with Crippen LogP contribution in [0.5, 0.6) is 5.75 Å². The molecular weight excluding hydrogens is 661 g/mol. The highest BCUT2D eigenvalue weighted by Crippen LogP contribution is 2.58. The van der Waals surface area contributed by atoms with E-state index >= 15 is 0 Å². The van der Waals surface area contributed by atoms with Crippen molar-refractivity contribution < 1.29 is 40.1 Å². The number of amides is 2. The van der Waals surface area contributed by atoms with Crippen LogP contribution in [0.3, 0.4) is 0 Å². The normalized spacial score (nSPS) is 22.9. The molecule has 6 rings (SSSR count). The summed E-state index contributed by atoms with van der Waals surface area (Å²) < 4.78 is 72.5. The summed E-state index contributed by atoms with van der Waals surface area (Å²) in [4.78, 5) is 35.9. The lowest BCUT2D eigenvalue weighted by molar-refractivity contribution is -0.135. The highest BCUT2D eigenvalue weighted by molar-refractivity contribution is 7.88. The van der Waals surface area contributed by atoms with Gasteiger partial charge in [-0.05, 0) is 77.7 Å². The molecule has 2 unspecified atom stereocenters. The van der Waals surface area contributed by atoms with Gasteiger partial charge in [-0.15, -0.1) is 0 Å². The topological polar surface area (TPSA) is 131 Å². The number of aromatic amines is 1. The molecule has 2 heterocycles. The Morgan fingerprint density at radius 2 is 1.71 bits per heavy atom. The summed E-state index contributed by atoms with van der Waals surface area (Å²) in [5, 5.41) is 2.73. The molecule has 1 saturated heterocycles. The Labute approximate surface area is 283 Å². The number of ether oxygens (including phenoxy) is 1. The lowest BCUT2D eigenvalue weighted by atomic mass is 9.85. The number of carbonyl (C=O) groups excluding carboxylic acids is 2. The van der Waals surface area contributed by atoms with E-state index in [1.807, 2.05) is 43.0 Å². The molecule has 2 N–H and O–H groups in total. The van der Waals surface area contributed by atoms with Crippen molar-refractivity contribution in [1.29, 1.82) is 0 Å². The van der Waals surface area contributed by atoms with Gasteiger partial charge in [-0.25, -0.2) is 9.78 Å². The summed E-state index contributed by atoms with van der Waals surface area (Å²) in [5.41, 5.74) is -0.795. The maximum Gasteiger partial charge on any atom is 0.534 e. The first-order valence-corrected chi connectivity index (χ1v) is 18.1. The number of aromatic nitrogens is 2. The van der Waals surface area contributed by atoms with E-state index in [-0.39, 0.29) is 41.4 Å². The molecule has 3 aliphatic rings. The molecule has 10 nitrogen and oxygen atoms in total. The Morgan fingerprint density at radius 1 is 1.04 bits per heavy atom. The van der Waals surface area contributed by atoms with Crippen molar-refractivity contribution in [1.82, 2.24) is 20.2 Å². The molecule has 6 atom stereocenters. The van der Waals surface area contributed by atoms with Gasteiger partial charge in [-0.2, -0.15) is 21.6 Å². The minimum atomic E-state index is -5.79. The van der Waals surface area contributed by atoms with Crippen LogP contribution in [0.4, 0.5) is 18.0 Å². The van der Waals surface area contributed by atoms with E-state index in [0.29, 0.717) is 24.4 Å². The van der Waals surface area contributed by atoms with E-state index in [0.717, 1.165) is 60.1 Å². The SMILES string of the molecule is CC[C@H]1C[C@@H](c2ncc(-c3ccc(-c4ccc(OS(=O)(=O)C(F)(F)F)c5c4C4CCC5C4)cc3)[nH]2)N(C(=O)[C@@H](NC(=O)OC)[C@@H](C)CC)C1. The zero-order chi connectivity index (χ0) is 35.2. The number of alkyl halides is 3. The average Bonchev–Trinajstić information content (AvgIpc) is 3.90. The number of methoxy groups -OCH3 is 1. The van der Waals surface area contributed by atoms with E-state index in [1.54, 1.807) is 12.3 Å². The van der Waals surface area contributed by atoms with Crippen LogP contribution in [0.25, 0.3) is 22.4 Å². The Morgan fingerprint density at radius 3 is 2.35 bits per heavy atom. The van der Waals surface area contributed by atoms with Crippen molar-refractivity contribution in [2.75, 3.05) is 13.7 Å². The number of H-pyrrole nitrogens is 1. The predicted molar refractivity (Wildman–Crippen MR) is 176 cm³/mol. The number of halogens is 3. The smallest absolute Gasteiger partial charge is 0.453 e. The second-order valence-corrected chi connectivity index (χ2v) is 14.9. The van der Waals surface area contributed by atoms with Crippen molar-refractivity contribution in [2.24, 2.45) is 11.8 Å². The Balaban J connectivity index is 1.25. The molecule has 3 aromatic rings. The standard InChI is InChI=1S/C35H41F3N4O6S/c1-5-19(3)31(41-34(44)47-4)33(43)42-18-20(6-2)15-27(42)32-39-17-26(40-32)22-9-7-21(8-10-22)25-13-14-28(48-49(45,46)35(36,37)38)30-24-12-11-23(16-24)29(25)30/h7-10,13-14,17,19-20,23-24,27,31H,5-6,11-12,15-16,18H2,1-4H3,(H,39,40)(H,41,44)/t19-,20-,23?,24?,27-,31-/m0/s1. The molecule has 1 aliphatic heterocycles. The molecule has 0 spiro atoms. The Kier molecular flexibility index (Phi) is 9.46. The molecule has 2 bridgehead atoms. The molecule has 1 saturated carbocycles. The number of fused-ring (bicyclic) bond motifs is 5. The van der Waals surface area contributed by atoms with Crippen LogP contribution in [-0.2, 0) is 19.6 Å². The summed E-state index contributed by atoms with van der Waals surface area (Å²) >= 11 is 0. The number of imidazole rings is 1. The third kappa shape index (κ3) is 6.51. The van der Waals surface area contributed by atoms with Gasteiger partial charge < -0.3 is 24.1 Å². The quantitative estimate of drug-likeness (QED) is 0.166. The van der Waals surface area contributed by atoms with Crippen LogP contribution < -0.4 is 9.50 Å². The van der Waals surface area contributed by atoms with Crippen LogP contribution in [0, 0.1) is 11.8 Å². The first-order valence-electron chi connectivity index (χ1n) is 16.7. The predicted octanol–water partition coefficient (Wildman–Crippen LogP) is 7.41. The maximum atomic E-state index is 13.9. The number of nitrogens with zero attached hydrogens (tertiary/aromatic N) is 2. The van der Waals surface area contributed by atoms with Gasteiger partial charge in [0.15, 0.2) is 0 Å². The van der Waals surface area contributed by atoms with Crippen molar-refractivity contribution in [3.63, 3.8) is 0 Å². The van der Waals surface area contributed by atoms with Gasteiger partial charge in [0, 0.05) is 12.1 Å². The molecule has 14 heteroatoms. The maximum absolute atomic E-state index is 13.9. The Bertz CT molecular complexity index is 1830. The first kappa shape index (κ1) is 34.8. The minimum Gasteiger partial charge on any atom is -0.453 e. The fourth-order valence-corrected chi connectivity index (χ4v) is 8.20. The van der Waals surface area contributed by atoms with Crippen LogP contribution in [0.1, 0.15) is 94.1 Å². The third-order valence-corrected chi connectivity index (χ3v) is 11.5. The minimum absolute atomic E-state index is 0.0490. The van der Waals surface area contributed by atoms with Crippen LogP contribution in [-0.4, -0.2) is 60.5 Å². The zero-order valence-electron chi connectivity index (χ0n) is 27.8. The third-order valence-electron chi connectivity index (χ3n) is 10.6. The van der Waals surface area contributed by atoms with Gasteiger partial charge in [0.05, 0.1) is 25.0 Å². The molecule has 264 valence electrons. The van der Waals surface area contributed by atoms with Crippen molar-refractivity contribution >= 4 is 22.1 Å². The second kappa shape index (κ2) is 13.3. The number of rotatable bonds is 10. The van der Waals surface area contributed by atoms with Crippen molar-refractivity contribution in [3.05, 3.63) is 59.5 Å². The molecule has 2 amide bonds. The number of carbonyl (C=O) groups is 2. The largest absolute Gasteiger partial charge is 0.534 e. The lowest BCUT2D eigenvalue weighted by Gasteiger charge is -2.31. The number of benzene rings is 2. The number of hydrogen-bond donors (Lipinski definition) is 2. The summed E-state index contributed by atoms with van der Waals surface area (Å²) in [6, 6.07) is 9.66. The average molecular weight is 703 g/mol. The van der Waals surface area contributed by atoms with Gasteiger partial charge in [0.1, 0.15) is 17.6 Å². The summed E-state index contributed by atoms with van der Waals surface area (Å²) in [5.74, 6) is 0.484. The molecule has 2 aromatic carbocycles. The van der Waals surface area contributed by atoms with Crippen LogP contribution in [0.2, 0.25) is 0 Å². The van der Waals surface area contributed by atoms with Gasteiger partial charge in [-0.1, -0.05) is 63.9 Å².